The van der Waals surface area contributed by atoms with Gasteiger partial charge in [0.1, 0.15) is 5.76 Å². The number of rotatable bonds is 5. The minimum absolute atomic E-state index is 0.00546. The second kappa shape index (κ2) is 6.05. The van der Waals surface area contributed by atoms with Crippen molar-refractivity contribution in [2.75, 3.05) is 19.6 Å². The average Bonchev–Trinajstić information content (AvgIpc) is 3.06. The maximum absolute atomic E-state index is 12.3. The first-order chi connectivity index (χ1) is 8.74. The molecule has 0 saturated carbocycles. The second-order valence-electron chi connectivity index (χ2n) is 4.76. The Labute approximate surface area is 108 Å². The van der Waals surface area contributed by atoms with Gasteiger partial charge >= 0.3 is 0 Å². The normalized spacial score (nSPS) is 19.1. The fourth-order valence-corrected chi connectivity index (χ4v) is 2.37. The molecule has 1 amide bonds. The SMILES string of the molecule is CCc1ccc(C(=O)N(CC)CC2CCCN2)o1. The molecule has 1 N–H and O–H groups in total. The Morgan fingerprint density at radius 2 is 2.33 bits per heavy atom. The summed E-state index contributed by atoms with van der Waals surface area (Å²) >= 11 is 0. The summed E-state index contributed by atoms with van der Waals surface area (Å²) in [6.07, 6.45) is 3.18. The maximum Gasteiger partial charge on any atom is 0.289 e. The molecule has 1 aromatic rings. The van der Waals surface area contributed by atoms with Crippen molar-refractivity contribution in [1.82, 2.24) is 10.2 Å². The van der Waals surface area contributed by atoms with E-state index in [1.54, 1.807) is 6.07 Å². The van der Waals surface area contributed by atoms with Gasteiger partial charge in [-0.05, 0) is 38.4 Å². The molecule has 2 heterocycles. The molecule has 0 radical (unpaired) electrons. The van der Waals surface area contributed by atoms with E-state index < -0.39 is 0 Å². The van der Waals surface area contributed by atoms with E-state index in [1.807, 2.05) is 24.8 Å². The molecule has 0 spiro atoms. The van der Waals surface area contributed by atoms with E-state index in [0.717, 1.165) is 38.2 Å². The highest BCUT2D eigenvalue weighted by atomic mass is 16.4. The quantitative estimate of drug-likeness (QED) is 0.870. The van der Waals surface area contributed by atoms with E-state index in [1.165, 1.54) is 6.42 Å². The van der Waals surface area contributed by atoms with Crippen LogP contribution in [0.15, 0.2) is 16.5 Å². The van der Waals surface area contributed by atoms with Crippen molar-refractivity contribution in [3.8, 4) is 0 Å². The van der Waals surface area contributed by atoms with Gasteiger partial charge in [0.15, 0.2) is 5.76 Å². The van der Waals surface area contributed by atoms with Crippen molar-refractivity contribution in [1.29, 1.82) is 0 Å². The molecule has 0 bridgehead atoms. The lowest BCUT2D eigenvalue weighted by Crippen LogP contribution is -2.40. The van der Waals surface area contributed by atoms with Gasteiger partial charge in [-0.2, -0.15) is 0 Å². The van der Waals surface area contributed by atoms with Crippen LogP contribution < -0.4 is 5.32 Å². The molecule has 2 rings (SSSR count). The molecule has 1 fully saturated rings. The van der Waals surface area contributed by atoms with Gasteiger partial charge in [-0.25, -0.2) is 0 Å². The predicted octanol–water partition coefficient (Wildman–Crippen LogP) is 2.06. The van der Waals surface area contributed by atoms with Gasteiger partial charge < -0.3 is 14.6 Å². The second-order valence-corrected chi connectivity index (χ2v) is 4.76. The van der Waals surface area contributed by atoms with Gasteiger partial charge in [0.05, 0.1) is 0 Å². The number of carbonyl (C=O) groups is 1. The van der Waals surface area contributed by atoms with E-state index in [-0.39, 0.29) is 5.91 Å². The van der Waals surface area contributed by atoms with E-state index in [2.05, 4.69) is 5.32 Å². The number of nitrogens with one attached hydrogen (secondary N) is 1. The van der Waals surface area contributed by atoms with Gasteiger partial charge in [-0.1, -0.05) is 6.92 Å². The van der Waals surface area contributed by atoms with Crippen LogP contribution in [0.25, 0.3) is 0 Å². The molecule has 4 heteroatoms. The number of furan rings is 1. The summed E-state index contributed by atoms with van der Waals surface area (Å²) < 4.78 is 5.53. The molecule has 100 valence electrons. The molecule has 1 atom stereocenters. The van der Waals surface area contributed by atoms with Gasteiger partial charge in [-0.15, -0.1) is 0 Å². The number of aryl methyl sites for hydroxylation is 1. The van der Waals surface area contributed by atoms with Crippen LogP contribution in [0.2, 0.25) is 0 Å². The van der Waals surface area contributed by atoms with Crippen LogP contribution in [-0.2, 0) is 6.42 Å². The highest BCUT2D eigenvalue weighted by molar-refractivity contribution is 5.91. The van der Waals surface area contributed by atoms with E-state index in [0.29, 0.717) is 11.8 Å². The standard InChI is InChI=1S/C14H22N2O2/c1-3-12-7-8-13(18-12)14(17)16(4-2)10-11-6-5-9-15-11/h7-8,11,15H,3-6,9-10H2,1-2H3. The minimum atomic E-state index is 0.00546. The van der Waals surface area contributed by atoms with Crippen LogP contribution in [0, 0.1) is 0 Å². The van der Waals surface area contributed by atoms with Crippen LogP contribution in [0.5, 0.6) is 0 Å². The third-order valence-electron chi connectivity index (χ3n) is 3.49. The average molecular weight is 250 g/mol. The fourth-order valence-electron chi connectivity index (χ4n) is 2.37. The van der Waals surface area contributed by atoms with E-state index >= 15 is 0 Å². The number of hydrogen-bond acceptors (Lipinski definition) is 3. The summed E-state index contributed by atoms with van der Waals surface area (Å²) in [5.74, 6) is 1.34. The molecule has 1 aliphatic rings. The smallest absolute Gasteiger partial charge is 0.289 e. The molecule has 1 aliphatic heterocycles. The first-order valence-corrected chi connectivity index (χ1v) is 6.86. The Hall–Kier alpha value is -1.29. The maximum atomic E-state index is 12.3. The molecule has 18 heavy (non-hydrogen) atoms. The fraction of sp³-hybridized carbons (Fsp3) is 0.643. The van der Waals surface area contributed by atoms with Gasteiger partial charge in [0, 0.05) is 25.6 Å². The van der Waals surface area contributed by atoms with Crippen molar-refractivity contribution < 1.29 is 9.21 Å². The zero-order valence-corrected chi connectivity index (χ0v) is 11.2. The first kappa shape index (κ1) is 13.1. The van der Waals surface area contributed by atoms with Crippen LogP contribution in [0.3, 0.4) is 0 Å². The van der Waals surface area contributed by atoms with Crippen molar-refractivity contribution in [2.45, 2.75) is 39.2 Å². The molecule has 1 saturated heterocycles. The molecule has 4 nitrogen and oxygen atoms in total. The number of amides is 1. The van der Waals surface area contributed by atoms with Crippen molar-refractivity contribution >= 4 is 5.91 Å². The minimum Gasteiger partial charge on any atom is -0.456 e. The lowest BCUT2D eigenvalue weighted by atomic mass is 10.2. The van der Waals surface area contributed by atoms with Crippen molar-refractivity contribution in [2.24, 2.45) is 0 Å². The summed E-state index contributed by atoms with van der Waals surface area (Å²) in [6.45, 7) is 6.59. The zero-order chi connectivity index (χ0) is 13.0. The van der Waals surface area contributed by atoms with Crippen LogP contribution >= 0.6 is 0 Å². The molecular formula is C14H22N2O2. The van der Waals surface area contributed by atoms with E-state index in [4.69, 9.17) is 4.42 Å². The Kier molecular flexibility index (Phi) is 4.42. The highest BCUT2D eigenvalue weighted by Gasteiger charge is 2.23. The number of hydrogen-bond donors (Lipinski definition) is 1. The Balaban J connectivity index is 1.99. The number of carbonyl (C=O) groups excluding carboxylic acids is 1. The van der Waals surface area contributed by atoms with Crippen molar-refractivity contribution in [3.05, 3.63) is 23.7 Å². The molecule has 1 unspecified atom stereocenters. The summed E-state index contributed by atoms with van der Waals surface area (Å²) in [5, 5.41) is 3.42. The van der Waals surface area contributed by atoms with Crippen LogP contribution in [0.1, 0.15) is 43.0 Å². The third kappa shape index (κ3) is 2.93. The highest BCUT2D eigenvalue weighted by Crippen LogP contribution is 2.13. The molecule has 0 aliphatic carbocycles. The van der Waals surface area contributed by atoms with Gasteiger partial charge in [-0.3, -0.25) is 4.79 Å². The lowest BCUT2D eigenvalue weighted by molar-refractivity contribution is 0.0717. The van der Waals surface area contributed by atoms with Gasteiger partial charge in [0.2, 0.25) is 0 Å². The molecular weight excluding hydrogens is 228 g/mol. The molecule has 0 aromatic carbocycles. The Morgan fingerprint density at radius 1 is 1.50 bits per heavy atom. The number of nitrogens with zero attached hydrogens (tertiary/aromatic N) is 1. The van der Waals surface area contributed by atoms with E-state index in [9.17, 15) is 4.79 Å². The van der Waals surface area contributed by atoms with Gasteiger partial charge in [0.25, 0.3) is 5.91 Å². The molecule has 1 aromatic heterocycles. The zero-order valence-electron chi connectivity index (χ0n) is 11.2. The Morgan fingerprint density at radius 3 is 2.89 bits per heavy atom. The van der Waals surface area contributed by atoms with Crippen LogP contribution in [0.4, 0.5) is 0 Å². The summed E-state index contributed by atoms with van der Waals surface area (Å²) in [4.78, 5) is 14.2. The Bertz CT molecular complexity index is 394. The summed E-state index contributed by atoms with van der Waals surface area (Å²) in [6, 6.07) is 4.11. The third-order valence-corrected chi connectivity index (χ3v) is 3.49. The summed E-state index contributed by atoms with van der Waals surface area (Å²) in [5.41, 5.74) is 0. The van der Waals surface area contributed by atoms with Crippen LogP contribution in [-0.4, -0.2) is 36.5 Å². The lowest BCUT2D eigenvalue weighted by Gasteiger charge is -2.23. The topological polar surface area (TPSA) is 45.5 Å². The largest absolute Gasteiger partial charge is 0.456 e. The summed E-state index contributed by atoms with van der Waals surface area (Å²) in [7, 11) is 0. The first-order valence-electron chi connectivity index (χ1n) is 6.86. The monoisotopic (exact) mass is 250 g/mol. The predicted molar refractivity (Wildman–Crippen MR) is 70.7 cm³/mol. The number of likely N-dealkylation sites (N-methyl/N-ethyl adjacent to an activating group) is 1. The van der Waals surface area contributed by atoms with Crippen molar-refractivity contribution in [3.63, 3.8) is 0 Å².